The Morgan fingerprint density at radius 3 is 2.07 bits per heavy atom. The van der Waals surface area contributed by atoms with Gasteiger partial charge in [0, 0.05) is 23.7 Å². The topological polar surface area (TPSA) is 151 Å². The summed E-state index contributed by atoms with van der Waals surface area (Å²) >= 11 is 0. The van der Waals surface area contributed by atoms with Crippen LogP contribution in [0.1, 0.15) is 73.4 Å². The number of aryl methyl sites for hydroxylation is 1. The van der Waals surface area contributed by atoms with Crippen LogP contribution in [0.2, 0.25) is 0 Å². The zero-order chi connectivity index (χ0) is 35.2. The van der Waals surface area contributed by atoms with Gasteiger partial charge in [0.1, 0.15) is 6.04 Å². The molecule has 2 rings (SSSR count). The van der Waals surface area contributed by atoms with Crippen LogP contribution in [0, 0.1) is 11.3 Å². The Labute approximate surface area is 275 Å². The average molecular weight is 656 g/mol. The van der Waals surface area contributed by atoms with Gasteiger partial charge in [-0.3, -0.25) is 14.4 Å². The van der Waals surface area contributed by atoms with Gasteiger partial charge in [0.25, 0.3) is 15.9 Å². The standard InChI is InChI=1S/C35H53N5O5S/c1-12-24-21-26(18-19-27(24)36)46(44,45)39-31(41)23(4)20-28(22(2)3)40(11)33(43)30(34(5,6)7)38-32(42)29(37-10)35(8,9)25-16-14-13-15-17-25/h13-22,28-30,37H,12,36H2,1-11H3,(H,38,42)(H,39,41)/b23-20+/t28-,29-,30-/m1/s1. The molecular formula is C35H53N5O5S. The highest BCUT2D eigenvalue weighted by atomic mass is 32.2. The summed E-state index contributed by atoms with van der Waals surface area (Å²) in [5.74, 6) is -1.60. The lowest BCUT2D eigenvalue weighted by atomic mass is 9.76. The molecule has 3 atom stereocenters. The van der Waals surface area contributed by atoms with Crippen molar-refractivity contribution in [2.24, 2.45) is 11.3 Å². The van der Waals surface area contributed by atoms with Crippen molar-refractivity contribution < 1.29 is 22.8 Å². The molecule has 2 aromatic rings. The molecule has 3 amide bonds. The predicted octanol–water partition coefficient (Wildman–Crippen LogP) is 4.16. The van der Waals surface area contributed by atoms with E-state index in [1.54, 1.807) is 20.2 Å². The van der Waals surface area contributed by atoms with Crippen molar-refractivity contribution in [3.63, 3.8) is 0 Å². The Kier molecular flexibility index (Phi) is 12.8. The number of nitrogens with one attached hydrogen (secondary N) is 3. The fraction of sp³-hybridized carbons (Fsp3) is 0.514. The first kappa shape index (κ1) is 38.5. The lowest BCUT2D eigenvalue weighted by Gasteiger charge is -2.40. The molecule has 0 saturated carbocycles. The first-order chi connectivity index (χ1) is 21.2. The molecule has 0 radical (unpaired) electrons. The summed E-state index contributed by atoms with van der Waals surface area (Å²) in [6, 6.07) is 11.9. The van der Waals surface area contributed by atoms with Crippen molar-refractivity contribution in [3.05, 3.63) is 71.3 Å². The minimum atomic E-state index is -4.17. The SMILES string of the molecule is CCc1cc(S(=O)(=O)NC(=O)/C(C)=C/[C@H](C(C)C)N(C)C(=O)[C@@H](NC(=O)[C@@H](NC)C(C)(C)c2ccccc2)C(C)(C)C)ccc1N. The second kappa shape index (κ2) is 15.3. The molecule has 0 aliphatic heterocycles. The minimum absolute atomic E-state index is 0.0634. The number of rotatable bonds is 13. The normalized spacial score (nSPS) is 14.7. The van der Waals surface area contributed by atoms with Crippen LogP contribution in [0.15, 0.2) is 65.1 Å². The van der Waals surface area contributed by atoms with E-state index in [0.29, 0.717) is 17.7 Å². The van der Waals surface area contributed by atoms with Crippen LogP contribution < -0.4 is 21.1 Å². The van der Waals surface area contributed by atoms with Gasteiger partial charge < -0.3 is 21.3 Å². The zero-order valence-electron chi connectivity index (χ0n) is 29.2. The molecule has 0 fully saturated rings. The molecular weight excluding hydrogens is 602 g/mol. The Bertz CT molecular complexity index is 1530. The predicted molar refractivity (Wildman–Crippen MR) is 184 cm³/mol. The molecule has 5 N–H and O–H groups in total. The number of hydrogen-bond acceptors (Lipinski definition) is 7. The van der Waals surface area contributed by atoms with Crippen molar-refractivity contribution >= 4 is 33.4 Å². The Hall–Kier alpha value is -3.70. The lowest BCUT2D eigenvalue weighted by molar-refractivity contribution is -0.140. The molecule has 0 spiro atoms. The summed E-state index contributed by atoms with van der Waals surface area (Å²) in [6.45, 7) is 16.8. The van der Waals surface area contributed by atoms with E-state index >= 15 is 0 Å². The van der Waals surface area contributed by atoms with Gasteiger partial charge >= 0.3 is 0 Å². The van der Waals surface area contributed by atoms with Crippen LogP contribution >= 0.6 is 0 Å². The Morgan fingerprint density at radius 2 is 1.57 bits per heavy atom. The molecule has 0 heterocycles. The molecule has 11 heteroatoms. The number of likely N-dealkylation sites (N-methyl/N-ethyl adjacent to an activating group) is 2. The van der Waals surface area contributed by atoms with E-state index < -0.39 is 44.9 Å². The molecule has 0 saturated heterocycles. The van der Waals surface area contributed by atoms with E-state index in [0.717, 1.165) is 5.56 Å². The zero-order valence-corrected chi connectivity index (χ0v) is 30.0. The van der Waals surface area contributed by atoms with Gasteiger partial charge in [0.15, 0.2) is 0 Å². The van der Waals surface area contributed by atoms with Crippen LogP contribution in [-0.2, 0) is 36.2 Å². The van der Waals surface area contributed by atoms with E-state index in [4.69, 9.17) is 5.73 Å². The summed E-state index contributed by atoms with van der Waals surface area (Å²) in [5, 5.41) is 6.15. The summed E-state index contributed by atoms with van der Waals surface area (Å²) in [5.41, 5.74) is 6.92. The molecule has 10 nitrogen and oxygen atoms in total. The van der Waals surface area contributed by atoms with E-state index in [-0.39, 0.29) is 28.2 Å². The number of hydrogen-bond donors (Lipinski definition) is 4. The number of nitrogen functional groups attached to an aromatic ring is 1. The second-order valence-corrected chi connectivity index (χ2v) is 15.5. The molecule has 0 aromatic heterocycles. The summed E-state index contributed by atoms with van der Waals surface area (Å²) in [4.78, 5) is 42.5. The van der Waals surface area contributed by atoms with E-state index in [9.17, 15) is 22.8 Å². The third-order valence-electron chi connectivity index (χ3n) is 8.48. The quantitative estimate of drug-likeness (QED) is 0.187. The second-order valence-electron chi connectivity index (χ2n) is 13.8. The Balaban J connectivity index is 2.34. The molecule has 2 aromatic carbocycles. The third kappa shape index (κ3) is 9.19. The largest absolute Gasteiger partial charge is 0.399 e. The van der Waals surface area contributed by atoms with Crippen molar-refractivity contribution in [2.75, 3.05) is 19.8 Å². The number of nitrogens with zero attached hydrogens (tertiary/aromatic N) is 1. The van der Waals surface area contributed by atoms with E-state index in [1.165, 1.54) is 30.0 Å². The van der Waals surface area contributed by atoms with Crippen LogP contribution in [-0.4, -0.2) is 63.3 Å². The number of amides is 3. The molecule has 0 unspecified atom stereocenters. The maximum Gasteiger partial charge on any atom is 0.264 e. The van der Waals surface area contributed by atoms with Crippen LogP contribution in [0.3, 0.4) is 0 Å². The van der Waals surface area contributed by atoms with Crippen molar-refractivity contribution in [1.82, 2.24) is 20.3 Å². The Morgan fingerprint density at radius 1 is 0.978 bits per heavy atom. The summed E-state index contributed by atoms with van der Waals surface area (Å²) < 4.78 is 28.2. The van der Waals surface area contributed by atoms with Gasteiger partial charge in [-0.1, -0.05) is 91.8 Å². The third-order valence-corrected chi connectivity index (χ3v) is 9.81. The number of benzene rings is 2. The number of carbonyl (C=O) groups is 3. The minimum Gasteiger partial charge on any atom is -0.399 e. The van der Waals surface area contributed by atoms with Crippen molar-refractivity contribution in [3.8, 4) is 0 Å². The summed E-state index contributed by atoms with van der Waals surface area (Å²) in [6.07, 6.45) is 2.12. The van der Waals surface area contributed by atoms with Crippen molar-refractivity contribution in [2.45, 2.75) is 97.2 Å². The fourth-order valence-corrected chi connectivity index (χ4v) is 6.55. The monoisotopic (exact) mass is 655 g/mol. The molecule has 0 aliphatic carbocycles. The molecule has 46 heavy (non-hydrogen) atoms. The van der Waals surface area contributed by atoms with E-state index in [2.05, 4.69) is 15.4 Å². The first-order valence-corrected chi connectivity index (χ1v) is 17.1. The number of anilines is 1. The number of sulfonamides is 1. The van der Waals surface area contributed by atoms with Gasteiger partial charge in [-0.2, -0.15) is 0 Å². The van der Waals surface area contributed by atoms with Crippen molar-refractivity contribution in [1.29, 1.82) is 0 Å². The molecule has 254 valence electrons. The highest BCUT2D eigenvalue weighted by Crippen LogP contribution is 2.29. The van der Waals surface area contributed by atoms with Gasteiger partial charge in [-0.15, -0.1) is 0 Å². The fourth-order valence-electron chi connectivity index (χ4n) is 5.48. The smallest absolute Gasteiger partial charge is 0.264 e. The summed E-state index contributed by atoms with van der Waals surface area (Å²) in [7, 11) is -0.819. The van der Waals surface area contributed by atoms with Crippen LogP contribution in [0.25, 0.3) is 0 Å². The molecule has 0 aliphatic rings. The van der Waals surface area contributed by atoms with Gasteiger partial charge in [-0.25, -0.2) is 13.1 Å². The lowest BCUT2D eigenvalue weighted by Crippen LogP contribution is -2.61. The first-order valence-electron chi connectivity index (χ1n) is 15.6. The van der Waals surface area contributed by atoms with Gasteiger partial charge in [0.05, 0.1) is 17.0 Å². The number of nitrogens with two attached hydrogens (primary N) is 1. The average Bonchev–Trinajstić information content (AvgIpc) is 2.97. The van der Waals surface area contributed by atoms with Crippen LogP contribution in [0.4, 0.5) is 5.69 Å². The maximum atomic E-state index is 14.1. The highest BCUT2D eigenvalue weighted by Gasteiger charge is 2.41. The van der Waals surface area contributed by atoms with Gasteiger partial charge in [0.2, 0.25) is 11.8 Å². The van der Waals surface area contributed by atoms with Gasteiger partial charge in [-0.05, 0) is 61.1 Å². The molecule has 0 bridgehead atoms. The highest BCUT2D eigenvalue weighted by molar-refractivity contribution is 7.90. The van der Waals surface area contributed by atoms with E-state index in [1.807, 2.05) is 85.7 Å². The van der Waals surface area contributed by atoms with Crippen LogP contribution in [0.5, 0.6) is 0 Å². The maximum absolute atomic E-state index is 14.1. The number of carbonyl (C=O) groups excluding carboxylic acids is 3.